The highest BCUT2D eigenvalue weighted by Crippen LogP contribution is 2.33. The first-order valence-corrected chi connectivity index (χ1v) is 8.26. The number of thioether (sulfide) groups is 1. The van der Waals surface area contributed by atoms with Crippen molar-refractivity contribution in [3.63, 3.8) is 0 Å². The molecule has 1 amide bonds. The molecule has 1 saturated heterocycles. The molecule has 116 valence electrons. The van der Waals surface area contributed by atoms with Crippen molar-refractivity contribution in [1.82, 2.24) is 9.88 Å². The minimum absolute atomic E-state index is 0.000662. The number of likely N-dealkylation sites (N-methyl/N-ethyl adjacent to an activating group) is 1. The Hall–Kier alpha value is -2.40. The summed E-state index contributed by atoms with van der Waals surface area (Å²) >= 11 is 1.41. The summed E-state index contributed by atoms with van der Waals surface area (Å²) in [5.41, 5.74) is 2.97. The van der Waals surface area contributed by atoms with Crippen LogP contribution in [0, 0.1) is 6.92 Å². The van der Waals surface area contributed by atoms with Crippen molar-refractivity contribution in [2.45, 2.75) is 13.8 Å². The summed E-state index contributed by atoms with van der Waals surface area (Å²) in [5.74, 6) is 0.000662. The molecule has 4 nitrogen and oxygen atoms in total. The Morgan fingerprint density at radius 2 is 2.04 bits per heavy atom. The first-order valence-electron chi connectivity index (χ1n) is 7.44. The normalized spacial score (nSPS) is 18.2. The highest BCUT2D eigenvalue weighted by atomic mass is 32.2. The lowest BCUT2D eigenvalue weighted by atomic mass is 10.1. The van der Waals surface area contributed by atoms with Gasteiger partial charge in [-0.1, -0.05) is 29.8 Å². The van der Waals surface area contributed by atoms with Crippen molar-refractivity contribution >= 4 is 34.6 Å². The number of amides is 1. The Kier molecular flexibility index (Phi) is 4.57. The second kappa shape index (κ2) is 6.79. The van der Waals surface area contributed by atoms with Crippen LogP contribution in [0.15, 0.2) is 58.7 Å². The molecule has 0 radical (unpaired) electrons. The van der Waals surface area contributed by atoms with E-state index in [-0.39, 0.29) is 5.91 Å². The van der Waals surface area contributed by atoms with Crippen LogP contribution in [-0.2, 0) is 4.79 Å². The molecule has 0 bridgehead atoms. The van der Waals surface area contributed by atoms with Gasteiger partial charge in [0.1, 0.15) is 0 Å². The summed E-state index contributed by atoms with van der Waals surface area (Å²) in [7, 11) is 0. The lowest BCUT2D eigenvalue weighted by molar-refractivity contribution is -0.122. The molecule has 5 heteroatoms. The Morgan fingerprint density at radius 3 is 2.70 bits per heavy atom. The molecule has 0 N–H and O–H groups in total. The average molecular weight is 323 g/mol. The molecule has 1 aromatic heterocycles. The number of carbonyl (C=O) groups excluding carboxylic acids is 1. The number of amidine groups is 1. The minimum atomic E-state index is 0.000662. The number of hydrogen-bond donors (Lipinski definition) is 0. The van der Waals surface area contributed by atoms with Gasteiger partial charge >= 0.3 is 0 Å². The topological polar surface area (TPSA) is 45.6 Å². The highest BCUT2D eigenvalue weighted by molar-refractivity contribution is 8.18. The van der Waals surface area contributed by atoms with Crippen LogP contribution >= 0.6 is 11.8 Å². The third-order valence-corrected chi connectivity index (χ3v) is 4.46. The molecule has 3 rings (SSSR count). The molecule has 0 atom stereocenters. The van der Waals surface area contributed by atoms with Crippen LogP contribution in [0.3, 0.4) is 0 Å². The van der Waals surface area contributed by atoms with Gasteiger partial charge < -0.3 is 0 Å². The first kappa shape index (κ1) is 15.5. The smallest absolute Gasteiger partial charge is 0.266 e. The lowest BCUT2D eigenvalue weighted by Crippen LogP contribution is -2.28. The molecule has 0 spiro atoms. The van der Waals surface area contributed by atoms with Gasteiger partial charge in [0, 0.05) is 12.7 Å². The number of benzene rings is 1. The SMILES string of the molecule is CCN1C(=O)/C(=C/c2ccc(C)cc2)SC1=Nc1cccnc1. The third-order valence-electron chi connectivity index (χ3n) is 3.45. The van der Waals surface area contributed by atoms with Crippen LogP contribution in [0.4, 0.5) is 5.69 Å². The fourth-order valence-electron chi connectivity index (χ4n) is 2.21. The largest absolute Gasteiger partial charge is 0.287 e. The van der Waals surface area contributed by atoms with Crippen molar-refractivity contribution in [3.8, 4) is 0 Å². The van der Waals surface area contributed by atoms with Crippen LogP contribution in [-0.4, -0.2) is 27.5 Å². The van der Waals surface area contributed by atoms with E-state index in [2.05, 4.69) is 9.98 Å². The summed E-state index contributed by atoms with van der Waals surface area (Å²) in [6.45, 7) is 4.59. The number of aliphatic imine (C=N–C) groups is 1. The standard InChI is InChI=1S/C18H17N3OS/c1-3-21-17(22)16(11-14-8-6-13(2)7-9-14)23-18(21)20-15-5-4-10-19-12-15/h4-12H,3H2,1-2H3/b16-11-,20-18?. The van der Waals surface area contributed by atoms with Gasteiger partial charge in [0.25, 0.3) is 5.91 Å². The highest BCUT2D eigenvalue weighted by Gasteiger charge is 2.32. The molecule has 0 unspecified atom stereocenters. The van der Waals surface area contributed by atoms with Crippen LogP contribution in [0.25, 0.3) is 6.08 Å². The van der Waals surface area contributed by atoms with Gasteiger partial charge in [-0.05, 0) is 49.4 Å². The quantitative estimate of drug-likeness (QED) is 0.802. The zero-order valence-electron chi connectivity index (χ0n) is 13.1. The van der Waals surface area contributed by atoms with E-state index >= 15 is 0 Å². The van der Waals surface area contributed by atoms with Gasteiger partial charge in [-0.15, -0.1) is 0 Å². The Labute approximate surface area is 140 Å². The van der Waals surface area contributed by atoms with E-state index in [1.807, 2.05) is 56.3 Å². The molecule has 1 aliphatic heterocycles. The molecule has 0 saturated carbocycles. The third kappa shape index (κ3) is 3.51. The van der Waals surface area contributed by atoms with Crippen LogP contribution in [0.5, 0.6) is 0 Å². The molecule has 1 fully saturated rings. The van der Waals surface area contributed by atoms with Crippen molar-refractivity contribution in [1.29, 1.82) is 0 Å². The minimum Gasteiger partial charge on any atom is -0.287 e. The van der Waals surface area contributed by atoms with Crippen molar-refractivity contribution in [3.05, 3.63) is 64.8 Å². The fourth-order valence-corrected chi connectivity index (χ4v) is 3.28. The number of nitrogens with zero attached hydrogens (tertiary/aromatic N) is 3. The van der Waals surface area contributed by atoms with Gasteiger partial charge in [-0.25, -0.2) is 4.99 Å². The molecule has 23 heavy (non-hydrogen) atoms. The molecule has 1 aromatic carbocycles. The Balaban J connectivity index is 1.91. The zero-order chi connectivity index (χ0) is 16.2. The molecular weight excluding hydrogens is 306 g/mol. The predicted molar refractivity (Wildman–Crippen MR) is 95.5 cm³/mol. The number of rotatable bonds is 3. The molecule has 0 aliphatic carbocycles. The summed E-state index contributed by atoms with van der Waals surface area (Å²) in [5, 5.41) is 0.698. The summed E-state index contributed by atoms with van der Waals surface area (Å²) in [4.78, 5) is 23.5. The van der Waals surface area contributed by atoms with Gasteiger partial charge in [0.05, 0.1) is 16.8 Å². The summed E-state index contributed by atoms with van der Waals surface area (Å²) in [6, 6.07) is 11.8. The van der Waals surface area contributed by atoms with Crippen molar-refractivity contribution < 1.29 is 4.79 Å². The number of pyridine rings is 1. The van der Waals surface area contributed by atoms with Crippen molar-refractivity contribution in [2.24, 2.45) is 4.99 Å². The maximum atomic E-state index is 12.5. The van der Waals surface area contributed by atoms with E-state index in [0.717, 1.165) is 11.3 Å². The molecule has 2 aromatic rings. The van der Waals surface area contributed by atoms with Crippen LogP contribution in [0.2, 0.25) is 0 Å². The fraction of sp³-hybridized carbons (Fsp3) is 0.167. The summed E-state index contributed by atoms with van der Waals surface area (Å²) < 4.78 is 0. The lowest BCUT2D eigenvalue weighted by Gasteiger charge is -2.11. The van der Waals surface area contributed by atoms with Crippen LogP contribution in [0.1, 0.15) is 18.1 Å². The van der Waals surface area contributed by atoms with Gasteiger partial charge in [0.15, 0.2) is 5.17 Å². The van der Waals surface area contributed by atoms with E-state index in [1.54, 1.807) is 17.3 Å². The van der Waals surface area contributed by atoms with E-state index < -0.39 is 0 Å². The van der Waals surface area contributed by atoms with Gasteiger partial charge in [-0.3, -0.25) is 14.7 Å². The Morgan fingerprint density at radius 1 is 1.26 bits per heavy atom. The maximum absolute atomic E-state index is 12.5. The van der Waals surface area contributed by atoms with E-state index in [0.29, 0.717) is 16.6 Å². The Bertz CT molecular complexity index is 767. The van der Waals surface area contributed by atoms with E-state index in [9.17, 15) is 4.79 Å². The summed E-state index contributed by atoms with van der Waals surface area (Å²) in [6.07, 6.45) is 5.31. The average Bonchev–Trinajstić information content (AvgIpc) is 2.85. The van der Waals surface area contributed by atoms with E-state index in [4.69, 9.17) is 0 Å². The predicted octanol–water partition coefficient (Wildman–Crippen LogP) is 4.01. The maximum Gasteiger partial charge on any atom is 0.266 e. The van der Waals surface area contributed by atoms with Gasteiger partial charge in [0.2, 0.25) is 0 Å². The zero-order valence-corrected chi connectivity index (χ0v) is 13.9. The molecular formula is C18H17N3OS. The number of hydrogen-bond acceptors (Lipinski definition) is 4. The number of aryl methyl sites for hydroxylation is 1. The second-order valence-corrected chi connectivity index (χ2v) is 6.19. The van der Waals surface area contributed by atoms with Crippen LogP contribution < -0.4 is 0 Å². The van der Waals surface area contributed by atoms with E-state index in [1.165, 1.54) is 17.3 Å². The van der Waals surface area contributed by atoms with Crippen molar-refractivity contribution in [2.75, 3.05) is 6.54 Å². The van der Waals surface area contributed by atoms with Gasteiger partial charge in [-0.2, -0.15) is 0 Å². The monoisotopic (exact) mass is 323 g/mol. The number of carbonyl (C=O) groups is 1. The molecule has 1 aliphatic rings. The first-order chi connectivity index (χ1) is 11.2. The second-order valence-electron chi connectivity index (χ2n) is 5.18. The number of aromatic nitrogens is 1. The molecule has 2 heterocycles.